The van der Waals surface area contributed by atoms with Gasteiger partial charge in [-0.15, -0.1) is 0 Å². The van der Waals surface area contributed by atoms with Gasteiger partial charge in [0.05, 0.1) is 5.02 Å². The number of carboxylic acids is 1. The molecule has 1 fully saturated rings. The molecule has 20 heavy (non-hydrogen) atoms. The highest BCUT2D eigenvalue weighted by atomic mass is 35.5. The van der Waals surface area contributed by atoms with Gasteiger partial charge in [-0.3, -0.25) is 4.79 Å². The summed E-state index contributed by atoms with van der Waals surface area (Å²) >= 11 is 11.9. The molecule has 1 amide bonds. The zero-order valence-corrected chi connectivity index (χ0v) is 12.8. The number of likely N-dealkylation sites (tertiary alicyclic amines) is 1. The number of aromatic nitrogens is 1. The van der Waals surface area contributed by atoms with Crippen molar-refractivity contribution >= 4 is 35.1 Å². The fourth-order valence-corrected chi connectivity index (χ4v) is 3.18. The first-order valence-electron chi connectivity index (χ1n) is 6.41. The van der Waals surface area contributed by atoms with E-state index < -0.39 is 11.5 Å². The van der Waals surface area contributed by atoms with E-state index in [2.05, 4.69) is 0 Å². The molecule has 1 unspecified atom stereocenters. The standard InChI is InChI=1S/C13H16Cl2N2O3/c1-3-13(12(19)20)5-4-6-17(13)11(18)9-7-8(14)10(15)16(9)2/h7H,3-6H2,1-2H3,(H,19,20). The van der Waals surface area contributed by atoms with E-state index in [1.165, 1.54) is 15.5 Å². The summed E-state index contributed by atoms with van der Waals surface area (Å²) in [5, 5.41) is 10.1. The van der Waals surface area contributed by atoms with Crippen LogP contribution in [0.3, 0.4) is 0 Å². The van der Waals surface area contributed by atoms with E-state index in [1.807, 2.05) is 0 Å². The Kier molecular flexibility index (Phi) is 4.02. The highest BCUT2D eigenvalue weighted by Crippen LogP contribution is 2.35. The van der Waals surface area contributed by atoms with Crippen LogP contribution in [0.5, 0.6) is 0 Å². The van der Waals surface area contributed by atoms with Crippen molar-refractivity contribution in [3.05, 3.63) is 21.9 Å². The van der Waals surface area contributed by atoms with Gasteiger partial charge >= 0.3 is 5.97 Å². The van der Waals surface area contributed by atoms with Crippen molar-refractivity contribution in [1.29, 1.82) is 0 Å². The van der Waals surface area contributed by atoms with Gasteiger partial charge in [0.25, 0.3) is 5.91 Å². The molecule has 1 aromatic heterocycles. The second-order valence-electron chi connectivity index (χ2n) is 4.98. The molecule has 1 atom stereocenters. The van der Waals surface area contributed by atoms with Crippen LogP contribution in [0.15, 0.2) is 6.07 Å². The van der Waals surface area contributed by atoms with E-state index in [-0.39, 0.29) is 16.1 Å². The molecule has 1 aromatic rings. The molecule has 110 valence electrons. The number of hydrogen-bond acceptors (Lipinski definition) is 2. The van der Waals surface area contributed by atoms with Crippen LogP contribution in [0.25, 0.3) is 0 Å². The van der Waals surface area contributed by atoms with Crippen molar-refractivity contribution in [2.75, 3.05) is 6.54 Å². The van der Waals surface area contributed by atoms with Gasteiger partial charge in [0, 0.05) is 13.6 Å². The summed E-state index contributed by atoms with van der Waals surface area (Å²) in [7, 11) is 1.63. The first kappa shape index (κ1) is 15.2. The predicted octanol–water partition coefficient (Wildman–Crippen LogP) is 2.80. The summed E-state index contributed by atoms with van der Waals surface area (Å²) in [5.41, 5.74) is -0.818. The average molecular weight is 319 g/mol. The number of nitrogens with zero attached hydrogens (tertiary/aromatic N) is 2. The monoisotopic (exact) mass is 318 g/mol. The summed E-state index contributed by atoms with van der Waals surface area (Å²) in [6.07, 6.45) is 1.52. The lowest BCUT2D eigenvalue weighted by atomic mass is 9.93. The van der Waals surface area contributed by atoms with Gasteiger partial charge < -0.3 is 14.6 Å². The SMILES string of the molecule is CCC1(C(=O)O)CCCN1C(=O)c1cc(Cl)c(Cl)n1C. The zero-order chi connectivity index (χ0) is 15.1. The third-order valence-corrected chi connectivity index (χ3v) is 4.89. The van der Waals surface area contributed by atoms with Crippen LogP contribution in [0.4, 0.5) is 0 Å². The number of amides is 1. The Morgan fingerprint density at radius 1 is 1.45 bits per heavy atom. The van der Waals surface area contributed by atoms with Crippen molar-refractivity contribution in [3.8, 4) is 0 Å². The summed E-state index contributed by atoms with van der Waals surface area (Å²) < 4.78 is 1.48. The minimum absolute atomic E-state index is 0.270. The lowest BCUT2D eigenvalue weighted by molar-refractivity contribution is -0.148. The number of halogens is 2. The third kappa shape index (κ3) is 2.09. The molecule has 1 aliphatic heterocycles. The number of aliphatic carboxylic acids is 1. The van der Waals surface area contributed by atoms with E-state index in [4.69, 9.17) is 23.2 Å². The first-order valence-corrected chi connectivity index (χ1v) is 7.17. The Balaban J connectivity index is 2.42. The van der Waals surface area contributed by atoms with Gasteiger partial charge in [-0.05, 0) is 25.3 Å². The summed E-state index contributed by atoms with van der Waals surface area (Å²) in [5.74, 6) is -1.31. The predicted molar refractivity (Wildman–Crippen MR) is 76.4 cm³/mol. The van der Waals surface area contributed by atoms with Crippen LogP contribution in [0, 0.1) is 0 Å². The zero-order valence-electron chi connectivity index (χ0n) is 11.3. The Morgan fingerprint density at radius 2 is 2.10 bits per heavy atom. The maximum absolute atomic E-state index is 12.6. The van der Waals surface area contributed by atoms with Gasteiger partial charge in [-0.25, -0.2) is 4.79 Å². The lowest BCUT2D eigenvalue weighted by Crippen LogP contribution is -2.53. The van der Waals surface area contributed by atoms with Crippen molar-refractivity contribution in [3.63, 3.8) is 0 Å². The van der Waals surface area contributed by atoms with Crippen LogP contribution in [0.2, 0.25) is 10.2 Å². The Hall–Kier alpha value is -1.20. The van der Waals surface area contributed by atoms with Gasteiger partial charge in [0.1, 0.15) is 16.4 Å². The van der Waals surface area contributed by atoms with E-state index >= 15 is 0 Å². The number of carbonyl (C=O) groups excluding carboxylic acids is 1. The van der Waals surface area contributed by atoms with E-state index in [0.717, 1.165) is 0 Å². The number of rotatable bonds is 3. The number of hydrogen-bond donors (Lipinski definition) is 1. The van der Waals surface area contributed by atoms with E-state index in [1.54, 1.807) is 14.0 Å². The summed E-state index contributed by atoms with van der Waals surface area (Å²) in [6, 6.07) is 1.48. The molecule has 0 aromatic carbocycles. The summed E-state index contributed by atoms with van der Waals surface area (Å²) in [4.78, 5) is 25.7. The van der Waals surface area contributed by atoms with Crippen LogP contribution >= 0.6 is 23.2 Å². The molecule has 5 nitrogen and oxygen atoms in total. The van der Waals surface area contributed by atoms with Crippen molar-refractivity contribution in [2.45, 2.75) is 31.7 Å². The molecule has 2 rings (SSSR count). The van der Waals surface area contributed by atoms with Crippen molar-refractivity contribution in [2.24, 2.45) is 7.05 Å². The molecule has 2 heterocycles. The fraction of sp³-hybridized carbons (Fsp3) is 0.538. The molecule has 0 radical (unpaired) electrons. The molecule has 1 aliphatic rings. The molecular formula is C13H16Cl2N2O3. The van der Waals surface area contributed by atoms with Crippen LogP contribution in [0.1, 0.15) is 36.7 Å². The molecular weight excluding hydrogens is 303 g/mol. The highest BCUT2D eigenvalue weighted by molar-refractivity contribution is 6.41. The van der Waals surface area contributed by atoms with Crippen molar-refractivity contribution < 1.29 is 14.7 Å². The summed E-state index contributed by atoms with van der Waals surface area (Å²) in [6.45, 7) is 2.21. The van der Waals surface area contributed by atoms with Crippen molar-refractivity contribution in [1.82, 2.24) is 9.47 Å². The fourth-order valence-electron chi connectivity index (χ4n) is 2.80. The highest BCUT2D eigenvalue weighted by Gasteiger charge is 2.49. The smallest absolute Gasteiger partial charge is 0.329 e. The topological polar surface area (TPSA) is 62.5 Å². The second kappa shape index (κ2) is 5.30. The van der Waals surface area contributed by atoms with E-state index in [9.17, 15) is 14.7 Å². The molecule has 0 aliphatic carbocycles. The Morgan fingerprint density at radius 3 is 2.55 bits per heavy atom. The van der Waals surface area contributed by atoms with Gasteiger partial charge in [0.15, 0.2) is 0 Å². The lowest BCUT2D eigenvalue weighted by Gasteiger charge is -2.33. The van der Waals surface area contributed by atoms with Gasteiger partial charge in [0.2, 0.25) is 0 Å². The van der Waals surface area contributed by atoms with Crippen LogP contribution < -0.4 is 0 Å². The molecule has 1 saturated heterocycles. The van der Waals surface area contributed by atoms with Crippen LogP contribution in [-0.2, 0) is 11.8 Å². The Bertz CT molecular complexity index is 570. The maximum Gasteiger partial charge on any atom is 0.329 e. The van der Waals surface area contributed by atoms with Gasteiger partial charge in [-0.2, -0.15) is 0 Å². The molecule has 0 bridgehead atoms. The first-order chi connectivity index (χ1) is 9.35. The average Bonchev–Trinajstić information content (AvgIpc) is 2.96. The number of carboxylic acid groups (broad SMARTS) is 1. The van der Waals surface area contributed by atoms with E-state index in [0.29, 0.717) is 31.5 Å². The van der Waals surface area contributed by atoms with Crippen LogP contribution in [-0.4, -0.2) is 38.5 Å². The third-order valence-electron chi connectivity index (χ3n) is 4.05. The molecule has 0 spiro atoms. The normalized spacial score (nSPS) is 22.3. The molecule has 1 N–H and O–H groups in total. The Labute approximate surface area is 127 Å². The number of carbonyl (C=O) groups is 2. The second-order valence-corrected chi connectivity index (χ2v) is 5.74. The minimum Gasteiger partial charge on any atom is -0.479 e. The molecule has 0 saturated carbocycles. The minimum atomic E-state index is -1.12. The molecule has 7 heteroatoms. The largest absolute Gasteiger partial charge is 0.479 e. The maximum atomic E-state index is 12.6. The van der Waals surface area contributed by atoms with Gasteiger partial charge in [-0.1, -0.05) is 30.1 Å². The quantitative estimate of drug-likeness (QED) is 0.932.